The number of hydrogen-bond acceptors (Lipinski definition) is 5. The Bertz CT molecular complexity index is 1440. The third-order valence-corrected chi connectivity index (χ3v) is 6.47. The summed E-state index contributed by atoms with van der Waals surface area (Å²) in [5.41, 5.74) is 2.56. The normalized spacial score (nSPS) is 11.3. The molecule has 0 atom stereocenters. The molecule has 0 spiro atoms. The van der Waals surface area contributed by atoms with Crippen LogP contribution in [-0.4, -0.2) is 19.3 Å². The number of aromatic nitrogens is 1. The Kier molecular flexibility index (Phi) is 7.26. The minimum atomic E-state index is -3.68. The van der Waals surface area contributed by atoms with Crippen molar-refractivity contribution in [2.75, 3.05) is 4.72 Å². The highest BCUT2D eigenvalue weighted by Gasteiger charge is 2.19. The molecule has 1 aromatic heterocycles. The van der Waals surface area contributed by atoms with E-state index in [1.807, 2.05) is 6.07 Å². The van der Waals surface area contributed by atoms with Gasteiger partial charge in [-0.15, -0.1) is 0 Å². The Morgan fingerprint density at radius 2 is 1.69 bits per heavy atom. The molecule has 0 radical (unpaired) electrons. The first-order chi connectivity index (χ1) is 16.8. The summed E-state index contributed by atoms with van der Waals surface area (Å²) in [7, 11) is -3.68. The number of carbonyl (C=O) groups is 1. The van der Waals surface area contributed by atoms with Gasteiger partial charge in [0.2, 0.25) is 21.8 Å². The lowest BCUT2D eigenvalue weighted by Crippen LogP contribution is -2.25. The van der Waals surface area contributed by atoms with Crippen molar-refractivity contribution >= 4 is 21.6 Å². The predicted molar refractivity (Wildman–Crippen MR) is 131 cm³/mol. The summed E-state index contributed by atoms with van der Waals surface area (Å²) in [6.45, 7) is 1.83. The second-order valence-corrected chi connectivity index (χ2v) is 9.72. The highest BCUT2D eigenvalue weighted by atomic mass is 32.2. The molecule has 4 rings (SSSR count). The molecule has 9 heteroatoms. The fraction of sp³-hybridized carbons (Fsp3) is 0.154. The van der Waals surface area contributed by atoms with Gasteiger partial charge in [0.15, 0.2) is 0 Å². The van der Waals surface area contributed by atoms with Crippen LogP contribution in [0.2, 0.25) is 0 Å². The van der Waals surface area contributed by atoms with E-state index in [-0.39, 0.29) is 30.5 Å². The predicted octanol–water partition coefficient (Wildman–Crippen LogP) is 4.59. The van der Waals surface area contributed by atoms with E-state index in [0.29, 0.717) is 33.8 Å². The topological polar surface area (TPSA) is 101 Å². The number of halogens is 1. The van der Waals surface area contributed by atoms with Crippen LogP contribution in [0, 0.1) is 12.7 Å². The number of rotatable bonds is 9. The number of nitrogens with one attached hydrogen (secondary N) is 2. The van der Waals surface area contributed by atoms with Crippen LogP contribution in [0.25, 0.3) is 11.5 Å². The summed E-state index contributed by atoms with van der Waals surface area (Å²) < 4.78 is 47.2. The van der Waals surface area contributed by atoms with Crippen LogP contribution in [0.1, 0.15) is 22.6 Å². The zero-order chi connectivity index (χ0) is 24.8. The van der Waals surface area contributed by atoms with Gasteiger partial charge in [-0.05, 0) is 42.3 Å². The number of anilines is 1. The van der Waals surface area contributed by atoms with Crippen LogP contribution in [0.5, 0.6) is 0 Å². The van der Waals surface area contributed by atoms with E-state index in [9.17, 15) is 17.6 Å². The zero-order valence-corrected chi connectivity index (χ0v) is 19.8. The molecule has 180 valence electrons. The summed E-state index contributed by atoms with van der Waals surface area (Å²) >= 11 is 0. The number of sulfonamides is 1. The molecule has 1 amide bonds. The van der Waals surface area contributed by atoms with Crippen molar-refractivity contribution in [1.82, 2.24) is 10.3 Å². The lowest BCUT2D eigenvalue weighted by atomic mass is 10.1. The molecule has 4 aromatic rings. The van der Waals surface area contributed by atoms with Crippen molar-refractivity contribution in [3.63, 3.8) is 0 Å². The zero-order valence-electron chi connectivity index (χ0n) is 19.0. The molecule has 0 aliphatic rings. The minimum absolute atomic E-state index is 0.0353. The van der Waals surface area contributed by atoms with Crippen LogP contribution < -0.4 is 10.0 Å². The van der Waals surface area contributed by atoms with Gasteiger partial charge in [-0.2, -0.15) is 0 Å². The number of oxazole rings is 1. The molecule has 0 aliphatic carbocycles. The molecule has 0 saturated heterocycles. The quantitative estimate of drug-likeness (QED) is 0.355. The van der Waals surface area contributed by atoms with Crippen LogP contribution in [-0.2, 0) is 33.5 Å². The summed E-state index contributed by atoms with van der Waals surface area (Å²) in [4.78, 5) is 16.7. The number of nitrogens with zero attached hydrogens (tertiary/aromatic N) is 1. The molecular weight excluding hydrogens is 469 g/mol. The van der Waals surface area contributed by atoms with E-state index in [1.165, 1.54) is 12.1 Å². The maximum Gasteiger partial charge on any atom is 0.236 e. The number of aryl methyl sites for hydroxylation is 1. The lowest BCUT2D eigenvalue weighted by Gasteiger charge is -2.11. The van der Waals surface area contributed by atoms with Gasteiger partial charge in [0.05, 0.1) is 30.0 Å². The third kappa shape index (κ3) is 6.54. The Labute approximate surface area is 203 Å². The maximum absolute atomic E-state index is 13.3. The lowest BCUT2D eigenvalue weighted by molar-refractivity contribution is -0.120. The van der Waals surface area contributed by atoms with Crippen molar-refractivity contribution < 1.29 is 22.0 Å². The Morgan fingerprint density at radius 1 is 0.971 bits per heavy atom. The van der Waals surface area contributed by atoms with Crippen LogP contribution in [0.4, 0.5) is 10.1 Å². The SMILES string of the molecule is Cc1oc(-c2ccccc2NS(=O)(=O)Cc2ccccc2)nc1CNC(=O)Cc1cccc(F)c1. The van der Waals surface area contributed by atoms with E-state index >= 15 is 0 Å². The second kappa shape index (κ2) is 10.5. The number of amides is 1. The van der Waals surface area contributed by atoms with Crippen molar-refractivity contribution in [2.45, 2.75) is 25.6 Å². The van der Waals surface area contributed by atoms with Gasteiger partial charge >= 0.3 is 0 Å². The van der Waals surface area contributed by atoms with Gasteiger partial charge in [0.1, 0.15) is 17.3 Å². The van der Waals surface area contributed by atoms with E-state index in [4.69, 9.17) is 4.42 Å². The van der Waals surface area contributed by atoms with E-state index in [1.54, 1.807) is 67.6 Å². The fourth-order valence-electron chi connectivity index (χ4n) is 3.54. The van der Waals surface area contributed by atoms with Crippen LogP contribution in [0.15, 0.2) is 83.3 Å². The molecule has 0 saturated carbocycles. The second-order valence-electron chi connectivity index (χ2n) is 8.00. The van der Waals surface area contributed by atoms with Gasteiger partial charge in [0.25, 0.3) is 0 Å². The van der Waals surface area contributed by atoms with E-state index in [2.05, 4.69) is 15.0 Å². The number of hydrogen-bond donors (Lipinski definition) is 2. The molecule has 7 nitrogen and oxygen atoms in total. The molecule has 0 unspecified atom stereocenters. The van der Waals surface area contributed by atoms with Gasteiger partial charge in [-0.3, -0.25) is 9.52 Å². The molecule has 3 aromatic carbocycles. The summed E-state index contributed by atoms with van der Waals surface area (Å²) in [6, 6.07) is 21.6. The largest absolute Gasteiger partial charge is 0.441 e. The van der Waals surface area contributed by atoms with Gasteiger partial charge in [-0.25, -0.2) is 17.8 Å². The summed E-state index contributed by atoms with van der Waals surface area (Å²) in [5, 5.41) is 2.76. The van der Waals surface area contributed by atoms with Crippen LogP contribution in [0.3, 0.4) is 0 Å². The molecule has 1 heterocycles. The first kappa shape index (κ1) is 24.2. The Morgan fingerprint density at radius 3 is 2.46 bits per heavy atom. The standard InChI is InChI=1S/C26H24FN3O4S/c1-18-24(16-28-25(31)15-20-10-7-11-21(27)14-20)29-26(34-18)22-12-5-6-13-23(22)30-35(32,33)17-19-8-3-2-4-9-19/h2-14,30H,15-17H2,1H3,(H,28,31). The molecule has 35 heavy (non-hydrogen) atoms. The Hall–Kier alpha value is -3.98. The van der Waals surface area contributed by atoms with Gasteiger partial charge in [-0.1, -0.05) is 54.6 Å². The molecule has 2 N–H and O–H groups in total. The molecule has 0 aliphatic heterocycles. The van der Waals surface area contributed by atoms with Crippen molar-refractivity contribution in [3.05, 3.63) is 107 Å². The van der Waals surface area contributed by atoms with E-state index in [0.717, 1.165) is 0 Å². The summed E-state index contributed by atoms with van der Waals surface area (Å²) in [6.07, 6.45) is 0.0353. The first-order valence-corrected chi connectivity index (χ1v) is 12.6. The average Bonchev–Trinajstić information content (AvgIpc) is 3.18. The van der Waals surface area contributed by atoms with Crippen molar-refractivity contribution in [3.8, 4) is 11.5 Å². The van der Waals surface area contributed by atoms with Gasteiger partial charge < -0.3 is 9.73 Å². The number of carbonyl (C=O) groups excluding carboxylic acids is 1. The smallest absolute Gasteiger partial charge is 0.236 e. The fourth-order valence-corrected chi connectivity index (χ4v) is 4.76. The number of benzene rings is 3. The summed E-state index contributed by atoms with van der Waals surface area (Å²) in [5.74, 6) is -0.128. The molecule has 0 bridgehead atoms. The Balaban J connectivity index is 1.46. The highest BCUT2D eigenvalue weighted by Crippen LogP contribution is 2.30. The maximum atomic E-state index is 13.3. The number of para-hydroxylation sites is 1. The van der Waals surface area contributed by atoms with Gasteiger partial charge in [0, 0.05) is 0 Å². The highest BCUT2D eigenvalue weighted by molar-refractivity contribution is 7.91. The van der Waals surface area contributed by atoms with Crippen molar-refractivity contribution in [2.24, 2.45) is 0 Å². The van der Waals surface area contributed by atoms with Crippen LogP contribution >= 0.6 is 0 Å². The monoisotopic (exact) mass is 493 g/mol. The van der Waals surface area contributed by atoms with Crippen molar-refractivity contribution in [1.29, 1.82) is 0 Å². The first-order valence-electron chi connectivity index (χ1n) is 10.9. The molecule has 0 fully saturated rings. The van der Waals surface area contributed by atoms with E-state index < -0.39 is 15.8 Å². The average molecular weight is 494 g/mol. The third-order valence-electron chi connectivity index (χ3n) is 5.22. The minimum Gasteiger partial charge on any atom is -0.441 e. The molecular formula is C26H24FN3O4S.